The van der Waals surface area contributed by atoms with Crippen molar-refractivity contribution in [1.82, 2.24) is 4.90 Å². The number of hydrogen-bond donors (Lipinski definition) is 1. The van der Waals surface area contributed by atoms with E-state index in [1.54, 1.807) is 7.05 Å². The molecular weight excluding hydrogens is 230 g/mol. The third kappa shape index (κ3) is 3.87. The maximum Gasteiger partial charge on any atom is 0.315 e. The standard InChI is InChI=1S/C14H19NO3/c1-10-5-4-6-12(9-10)7-8-15(3)13(16)11(2)14(17)18/h4-6,9,11H,7-8H2,1-3H3,(H,17,18). The summed E-state index contributed by atoms with van der Waals surface area (Å²) in [6.45, 7) is 3.96. The molecule has 0 fully saturated rings. The molecule has 4 heteroatoms. The minimum atomic E-state index is -1.08. The summed E-state index contributed by atoms with van der Waals surface area (Å²) < 4.78 is 0. The summed E-state index contributed by atoms with van der Waals surface area (Å²) in [4.78, 5) is 23.9. The molecule has 0 aliphatic carbocycles. The highest BCUT2D eigenvalue weighted by Crippen LogP contribution is 2.07. The maximum atomic E-state index is 11.7. The van der Waals surface area contributed by atoms with Crippen LogP contribution in [0, 0.1) is 12.8 Å². The molecule has 0 heterocycles. The van der Waals surface area contributed by atoms with Crippen molar-refractivity contribution in [3.05, 3.63) is 35.4 Å². The monoisotopic (exact) mass is 249 g/mol. The van der Waals surface area contributed by atoms with Crippen molar-refractivity contribution in [3.8, 4) is 0 Å². The molecule has 0 radical (unpaired) electrons. The first-order chi connectivity index (χ1) is 8.41. The van der Waals surface area contributed by atoms with Crippen LogP contribution in [0.4, 0.5) is 0 Å². The highest BCUT2D eigenvalue weighted by Gasteiger charge is 2.23. The quantitative estimate of drug-likeness (QED) is 0.808. The second-order valence-electron chi connectivity index (χ2n) is 4.56. The Morgan fingerprint density at radius 3 is 2.61 bits per heavy atom. The van der Waals surface area contributed by atoms with Gasteiger partial charge in [-0.05, 0) is 25.8 Å². The molecule has 1 aromatic carbocycles. The molecule has 0 aliphatic rings. The van der Waals surface area contributed by atoms with E-state index < -0.39 is 11.9 Å². The Bertz CT molecular complexity index is 442. The van der Waals surface area contributed by atoms with E-state index in [4.69, 9.17) is 5.11 Å². The van der Waals surface area contributed by atoms with Crippen LogP contribution < -0.4 is 0 Å². The number of amides is 1. The predicted molar refractivity (Wildman–Crippen MR) is 69.3 cm³/mol. The topological polar surface area (TPSA) is 57.6 Å². The first-order valence-corrected chi connectivity index (χ1v) is 5.95. The van der Waals surface area contributed by atoms with Crippen molar-refractivity contribution in [2.45, 2.75) is 20.3 Å². The molecule has 1 aromatic rings. The number of hydrogen-bond acceptors (Lipinski definition) is 2. The Balaban J connectivity index is 2.53. The highest BCUT2D eigenvalue weighted by molar-refractivity contribution is 5.96. The molecule has 0 saturated carbocycles. The molecule has 1 unspecified atom stereocenters. The molecule has 0 bridgehead atoms. The number of aliphatic carboxylic acids is 1. The zero-order valence-corrected chi connectivity index (χ0v) is 11.0. The van der Waals surface area contributed by atoms with Crippen LogP contribution in [0.1, 0.15) is 18.1 Å². The number of rotatable bonds is 5. The fraction of sp³-hybridized carbons (Fsp3) is 0.429. The van der Waals surface area contributed by atoms with Crippen LogP contribution in [0.3, 0.4) is 0 Å². The summed E-state index contributed by atoms with van der Waals surface area (Å²) in [5.41, 5.74) is 2.33. The number of nitrogens with zero attached hydrogens (tertiary/aromatic N) is 1. The van der Waals surface area contributed by atoms with Crippen LogP contribution in [0.5, 0.6) is 0 Å². The maximum absolute atomic E-state index is 11.7. The molecule has 1 rings (SSSR count). The van der Waals surface area contributed by atoms with E-state index in [2.05, 4.69) is 6.07 Å². The van der Waals surface area contributed by atoms with Gasteiger partial charge in [0.15, 0.2) is 0 Å². The lowest BCUT2D eigenvalue weighted by molar-refractivity contribution is -0.149. The van der Waals surface area contributed by atoms with Crippen molar-refractivity contribution >= 4 is 11.9 Å². The van der Waals surface area contributed by atoms with E-state index in [9.17, 15) is 9.59 Å². The first-order valence-electron chi connectivity index (χ1n) is 5.95. The number of carboxylic acids is 1. The van der Waals surface area contributed by atoms with Crippen molar-refractivity contribution in [2.24, 2.45) is 5.92 Å². The van der Waals surface area contributed by atoms with Gasteiger partial charge in [0.05, 0.1) is 0 Å². The lowest BCUT2D eigenvalue weighted by Gasteiger charge is -2.19. The normalized spacial score (nSPS) is 11.9. The minimum absolute atomic E-state index is 0.352. The first kappa shape index (κ1) is 14.2. The molecule has 4 nitrogen and oxygen atoms in total. The molecule has 0 spiro atoms. The second kappa shape index (κ2) is 6.19. The van der Waals surface area contributed by atoms with Crippen LogP contribution in [0.25, 0.3) is 0 Å². The SMILES string of the molecule is Cc1cccc(CCN(C)C(=O)C(C)C(=O)O)c1. The van der Waals surface area contributed by atoms with Gasteiger partial charge in [0.25, 0.3) is 0 Å². The Hall–Kier alpha value is -1.84. The third-order valence-corrected chi connectivity index (χ3v) is 2.94. The minimum Gasteiger partial charge on any atom is -0.481 e. The molecule has 1 amide bonds. The lowest BCUT2D eigenvalue weighted by atomic mass is 10.1. The summed E-state index contributed by atoms with van der Waals surface area (Å²) in [5, 5.41) is 8.78. The van der Waals surface area contributed by atoms with Gasteiger partial charge in [-0.1, -0.05) is 29.8 Å². The van der Waals surface area contributed by atoms with Crippen molar-refractivity contribution < 1.29 is 14.7 Å². The Morgan fingerprint density at radius 1 is 1.39 bits per heavy atom. The summed E-state index contributed by atoms with van der Waals surface area (Å²) in [6, 6.07) is 8.07. The van der Waals surface area contributed by atoms with Crippen LogP contribution in [-0.4, -0.2) is 35.5 Å². The molecule has 0 saturated heterocycles. The number of carbonyl (C=O) groups is 2. The largest absolute Gasteiger partial charge is 0.481 e. The van der Waals surface area contributed by atoms with E-state index in [-0.39, 0.29) is 5.91 Å². The lowest BCUT2D eigenvalue weighted by Crippen LogP contribution is -2.36. The number of carboxylic acid groups (broad SMARTS) is 1. The van der Waals surface area contributed by atoms with Gasteiger partial charge in [-0.3, -0.25) is 9.59 Å². The Kier molecular flexibility index (Phi) is 4.89. The van der Waals surface area contributed by atoms with Crippen LogP contribution in [0.15, 0.2) is 24.3 Å². The van der Waals surface area contributed by atoms with E-state index in [1.165, 1.54) is 17.4 Å². The molecule has 18 heavy (non-hydrogen) atoms. The molecular formula is C14H19NO3. The van der Waals surface area contributed by atoms with Crippen LogP contribution in [0.2, 0.25) is 0 Å². The van der Waals surface area contributed by atoms with E-state index in [1.807, 2.05) is 25.1 Å². The number of carbonyl (C=O) groups excluding carboxylic acids is 1. The zero-order chi connectivity index (χ0) is 13.7. The Labute approximate surface area is 107 Å². The molecule has 0 aromatic heterocycles. The van der Waals surface area contributed by atoms with E-state index in [0.29, 0.717) is 6.54 Å². The molecule has 1 atom stereocenters. The van der Waals surface area contributed by atoms with Crippen molar-refractivity contribution in [1.29, 1.82) is 0 Å². The van der Waals surface area contributed by atoms with Gasteiger partial charge in [0, 0.05) is 13.6 Å². The Morgan fingerprint density at radius 2 is 2.06 bits per heavy atom. The predicted octanol–water partition coefficient (Wildman–Crippen LogP) is 1.72. The van der Waals surface area contributed by atoms with Gasteiger partial charge < -0.3 is 10.0 Å². The smallest absolute Gasteiger partial charge is 0.315 e. The average Bonchev–Trinajstić information content (AvgIpc) is 2.34. The number of likely N-dealkylation sites (N-methyl/N-ethyl adjacent to an activating group) is 1. The van der Waals surface area contributed by atoms with Gasteiger partial charge in [0.2, 0.25) is 5.91 Å². The highest BCUT2D eigenvalue weighted by atomic mass is 16.4. The molecule has 98 valence electrons. The van der Waals surface area contributed by atoms with Gasteiger partial charge in [-0.25, -0.2) is 0 Å². The third-order valence-electron chi connectivity index (χ3n) is 2.94. The second-order valence-corrected chi connectivity index (χ2v) is 4.56. The van der Waals surface area contributed by atoms with Crippen LogP contribution >= 0.6 is 0 Å². The summed E-state index contributed by atoms with van der Waals surface area (Å²) in [7, 11) is 1.64. The van der Waals surface area contributed by atoms with Gasteiger partial charge in [0.1, 0.15) is 5.92 Å². The van der Waals surface area contributed by atoms with Gasteiger partial charge in [-0.2, -0.15) is 0 Å². The number of benzene rings is 1. The number of aryl methyl sites for hydroxylation is 1. The fourth-order valence-electron chi connectivity index (χ4n) is 1.71. The van der Waals surface area contributed by atoms with Crippen molar-refractivity contribution in [2.75, 3.05) is 13.6 Å². The fourth-order valence-corrected chi connectivity index (χ4v) is 1.71. The molecule has 1 N–H and O–H groups in total. The van der Waals surface area contributed by atoms with Gasteiger partial charge >= 0.3 is 5.97 Å². The van der Waals surface area contributed by atoms with Crippen LogP contribution in [-0.2, 0) is 16.0 Å². The van der Waals surface area contributed by atoms with E-state index >= 15 is 0 Å². The molecule has 0 aliphatic heterocycles. The van der Waals surface area contributed by atoms with E-state index in [0.717, 1.165) is 12.0 Å². The van der Waals surface area contributed by atoms with Crippen molar-refractivity contribution in [3.63, 3.8) is 0 Å². The van der Waals surface area contributed by atoms with Gasteiger partial charge in [-0.15, -0.1) is 0 Å². The summed E-state index contributed by atoms with van der Waals surface area (Å²) in [5.74, 6) is -2.41. The zero-order valence-electron chi connectivity index (χ0n) is 11.0. The average molecular weight is 249 g/mol. The summed E-state index contributed by atoms with van der Waals surface area (Å²) in [6.07, 6.45) is 0.732. The summed E-state index contributed by atoms with van der Waals surface area (Å²) >= 11 is 0.